The van der Waals surface area contributed by atoms with Gasteiger partial charge in [-0.3, -0.25) is 9.59 Å². The van der Waals surface area contributed by atoms with Gasteiger partial charge in [0.05, 0.1) is 0 Å². The third-order valence-corrected chi connectivity index (χ3v) is 5.30. The Morgan fingerprint density at radius 3 is 2.52 bits per heavy atom. The third kappa shape index (κ3) is 3.62. The average molecular weight is 328 g/mol. The molecular formula is C18H20N2O2S. The van der Waals surface area contributed by atoms with Crippen molar-refractivity contribution in [3.05, 3.63) is 57.3 Å². The zero-order valence-corrected chi connectivity index (χ0v) is 14.1. The van der Waals surface area contributed by atoms with E-state index in [2.05, 4.69) is 29.7 Å². The summed E-state index contributed by atoms with van der Waals surface area (Å²) in [6.45, 7) is 2.59. The molecule has 2 N–H and O–H groups in total. The minimum absolute atomic E-state index is 0.104. The predicted molar refractivity (Wildman–Crippen MR) is 91.6 cm³/mol. The topological polar surface area (TPSA) is 58.2 Å². The van der Waals surface area contributed by atoms with Gasteiger partial charge in [0, 0.05) is 40.7 Å². The summed E-state index contributed by atoms with van der Waals surface area (Å²) in [5.74, 6) is 0.520. The first-order chi connectivity index (χ1) is 11.1. The monoisotopic (exact) mass is 328 g/mol. The van der Waals surface area contributed by atoms with Crippen molar-refractivity contribution >= 4 is 23.2 Å². The van der Waals surface area contributed by atoms with E-state index in [1.165, 1.54) is 9.75 Å². The van der Waals surface area contributed by atoms with Gasteiger partial charge in [0.2, 0.25) is 5.91 Å². The van der Waals surface area contributed by atoms with Gasteiger partial charge in [0.1, 0.15) is 0 Å². The SMILES string of the molecule is CNC(=O)c1ccc(CNC(=O)[C@@H]2C[C@H]2c2ccc(C)s2)cc1. The lowest BCUT2D eigenvalue weighted by atomic mass is 10.1. The van der Waals surface area contributed by atoms with Crippen molar-refractivity contribution in [3.8, 4) is 0 Å². The minimum atomic E-state index is -0.104. The number of hydrogen-bond acceptors (Lipinski definition) is 3. The second-order valence-electron chi connectivity index (χ2n) is 5.89. The number of carbonyl (C=O) groups is 2. The molecule has 23 heavy (non-hydrogen) atoms. The molecular weight excluding hydrogens is 308 g/mol. The summed E-state index contributed by atoms with van der Waals surface area (Å²) in [5.41, 5.74) is 1.62. The second-order valence-corrected chi connectivity index (χ2v) is 7.21. The summed E-state index contributed by atoms with van der Waals surface area (Å²) >= 11 is 1.78. The Morgan fingerprint density at radius 1 is 1.17 bits per heavy atom. The standard InChI is InChI=1S/C18H20N2O2S/c1-11-3-8-16(23-11)14-9-15(14)18(22)20-10-12-4-6-13(7-5-12)17(21)19-2/h3-8,14-15H,9-10H2,1-2H3,(H,19,21)(H,20,22)/t14-,15-/m1/s1. The van der Waals surface area contributed by atoms with E-state index in [1.54, 1.807) is 30.5 Å². The first-order valence-electron chi connectivity index (χ1n) is 7.73. The van der Waals surface area contributed by atoms with Crippen molar-refractivity contribution in [3.63, 3.8) is 0 Å². The highest BCUT2D eigenvalue weighted by Crippen LogP contribution is 2.49. The molecule has 1 heterocycles. The van der Waals surface area contributed by atoms with Crippen LogP contribution in [-0.2, 0) is 11.3 Å². The normalized spacial score (nSPS) is 19.2. The third-order valence-electron chi connectivity index (χ3n) is 4.16. The van der Waals surface area contributed by atoms with Crippen LogP contribution in [0.2, 0.25) is 0 Å². The molecule has 1 aromatic carbocycles. The lowest BCUT2D eigenvalue weighted by Crippen LogP contribution is -2.25. The van der Waals surface area contributed by atoms with Crippen molar-refractivity contribution in [2.75, 3.05) is 7.05 Å². The van der Waals surface area contributed by atoms with E-state index < -0.39 is 0 Å². The quantitative estimate of drug-likeness (QED) is 0.887. The number of hydrogen-bond donors (Lipinski definition) is 2. The molecule has 2 amide bonds. The van der Waals surface area contributed by atoms with Crippen molar-refractivity contribution in [1.82, 2.24) is 10.6 Å². The van der Waals surface area contributed by atoms with E-state index in [0.29, 0.717) is 18.0 Å². The molecule has 0 saturated heterocycles. The molecule has 5 heteroatoms. The molecule has 1 saturated carbocycles. The number of aryl methyl sites for hydroxylation is 1. The Morgan fingerprint density at radius 2 is 1.91 bits per heavy atom. The Bertz CT molecular complexity index is 721. The number of rotatable bonds is 5. The Hall–Kier alpha value is -2.14. The van der Waals surface area contributed by atoms with Gasteiger partial charge in [0.15, 0.2) is 0 Å². The number of carbonyl (C=O) groups excluding carboxylic acids is 2. The molecule has 3 rings (SSSR count). The van der Waals surface area contributed by atoms with Gasteiger partial charge in [0.25, 0.3) is 5.91 Å². The van der Waals surface area contributed by atoms with Gasteiger partial charge >= 0.3 is 0 Å². The predicted octanol–water partition coefficient (Wildman–Crippen LogP) is 2.84. The average Bonchev–Trinajstić information content (AvgIpc) is 3.26. The first-order valence-corrected chi connectivity index (χ1v) is 8.55. The summed E-state index contributed by atoms with van der Waals surface area (Å²) in [6.07, 6.45) is 0.946. The molecule has 4 nitrogen and oxygen atoms in total. The van der Waals surface area contributed by atoms with Gasteiger partial charge in [-0.15, -0.1) is 11.3 Å². The van der Waals surface area contributed by atoms with Crippen molar-refractivity contribution < 1.29 is 9.59 Å². The van der Waals surface area contributed by atoms with E-state index in [1.807, 2.05) is 12.1 Å². The van der Waals surface area contributed by atoms with E-state index in [0.717, 1.165) is 12.0 Å². The summed E-state index contributed by atoms with van der Waals surface area (Å²) < 4.78 is 0. The minimum Gasteiger partial charge on any atom is -0.355 e. The zero-order valence-electron chi connectivity index (χ0n) is 13.3. The van der Waals surface area contributed by atoms with Crippen LogP contribution in [0.4, 0.5) is 0 Å². The number of amides is 2. The van der Waals surface area contributed by atoms with E-state index in [-0.39, 0.29) is 17.7 Å². The summed E-state index contributed by atoms with van der Waals surface area (Å²) in [7, 11) is 1.61. The van der Waals surface area contributed by atoms with Crippen LogP contribution in [0.3, 0.4) is 0 Å². The van der Waals surface area contributed by atoms with E-state index in [4.69, 9.17) is 0 Å². The summed E-state index contributed by atoms with van der Waals surface area (Å²) in [6, 6.07) is 11.5. The summed E-state index contributed by atoms with van der Waals surface area (Å²) in [4.78, 5) is 26.3. The lowest BCUT2D eigenvalue weighted by Gasteiger charge is -2.06. The van der Waals surface area contributed by atoms with Crippen molar-refractivity contribution in [1.29, 1.82) is 0 Å². The molecule has 1 aliphatic rings. The highest BCUT2D eigenvalue weighted by atomic mass is 32.1. The molecule has 1 fully saturated rings. The molecule has 0 spiro atoms. The smallest absolute Gasteiger partial charge is 0.251 e. The van der Waals surface area contributed by atoms with Crippen LogP contribution in [0.15, 0.2) is 36.4 Å². The molecule has 2 aromatic rings. The van der Waals surface area contributed by atoms with E-state index >= 15 is 0 Å². The Balaban J connectivity index is 1.51. The largest absolute Gasteiger partial charge is 0.355 e. The molecule has 1 aromatic heterocycles. The molecule has 1 aliphatic carbocycles. The van der Waals surface area contributed by atoms with Crippen LogP contribution in [0.1, 0.15) is 38.0 Å². The van der Waals surface area contributed by atoms with Gasteiger partial charge in [-0.1, -0.05) is 12.1 Å². The van der Waals surface area contributed by atoms with Gasteiger partial charge < -0.3 is 10.6 Å². The fraction of sp³-hybridized carbons (Fsp3) is 0.333. The maximum absolute atomic E-state index is 12.2. The molecule has 0 aliphatic heterocycles. The van der Waals surface area contributed by atoms with Gasteiger partial charge in [-0.25, -0.2) is 0 Å². The lowest BCUT2D eigenvalue weighted by molar-refractivity contribution is -0.122. The fourth-order valence-electron chi connectivity index (χ4n) is 2.69. The Kier molecular flexibility index (Phi) is 4.48. The fourth-order valence-corrected chi connectivity index (χ4v) is 3.75. The van der Waals surface area contributed by atoms with Crippen LogP contribution in [-0.4, -0.2) is 18.9 Å². The number of nitrogens with one attached hydrogen (secondary N) is 2. The maximum Gasteiger partial charge on any atom is 0.251 e. The van der Waals surface area contributed by atoms with Gasteiger partial charge in [-0.2, -0.15) is 0 Å². The van der Waals surface area contributed by atoms with Gasteiger partial charge in [-0.05, 0) is 43.2 Å². The van der Waals surface area contributed by atoms with Crippen LogP contribution in [0.25, 0.3) is 0 Å². The summed E-state index contributed by atoms with van der Waals surface area (Å²) in [5, 5.41) is 5.58. The number of benzene rings is 1. The van der Waals surface area contributed by atoms with Crippen LogP contribution in [0, 0.1) is 12.8 Å². The molecule has 0 radical (unpaired) electrons. The van der Waals surface area contributed by atoms with Crippen LogP contribution in [0.5, 0.6) is 0 Å². The Labute approximate surface area is 139 Å². The van der Waals surface area contributed by atoms with Crippen molar-refractivity contribution in [2.45, 2.75) is 25.8 Å². The zero-order chi connectivity index (χ0) is 16.4. The molecule has 2 atom stereocenters. The van der Waals surface area contributed by atoms with Crippen LogP contribution < -0.4 is 10.6 Å². The number of thiophene rings is 1. The van der Waals surface area contributed by atoms with Crippen LogP contribution >= 0.6 is 11.3 Å². The highest BCUT2D eigenvalue weighted by Gasteiger charge is 2.44. The van der Waals surface area contributed by atoms with E-state index in [9.17, 15) is 9.59 Å². The molecule has 0 unspecified atom stereocenters. The first kappa shape index (κ1) is 15.7. The highest BCUT2D eigenvalue weighted by molar-refractivity contribution is 7.12. The molecule has 120 valence electrons. The maximum atomic E-state index is 12.2. The molecule has 0 bridgehead atoms. The van der Waals surface area contributed by atoms with Crippen molar-refractivity contribution in [2.24, 2.45) is 5.92 Å². The second kappa shape index (κ2) is 6.54.